The first-order chi connectivity index (χ1) is 4.31. The Labute approximate surface area is 57.5 Å². The Hall–Kier alpha value is -0.720. The number of nitrogens with zero attached hydrogens (tertiary/aromatic N) is 1. The first kappa shape index (κ1) is 9.28. The third-order valence-electron chi connectivity index (χ3n) is 1.29. The molecule has 1 nitrogen and oxygen atoms in total. The lowest BCUT2D eigenvalue weighted by atomic mass is 9.89. The molecule has 0 aliphatic carbocycles. The van der Waals surface area contributed by atoms with Crippen LogP contribution in [0.4, 0.5) is 13.2 Å². The molecule has 0 amide bonds. The maximum absolute atomic E-state index is 11.9. The molecule has 0 aliphatic rings. The van der Waals surface area contributed by atoms with Crippen LogP contribution in [0.25, 0.3) is 0 Å². The van der Waals surface area contributed by atoms with Crippen molar-refractivity contribution in [1.29, 1.82) is 5.26 Å². The van der Waals surface area contributed by atoms with E-state index in [2.05, 4.69) is 0 Å². The zero-order valence-corrected chi connectivity index (χ0v) is 5.79. The van der Waals surface area contributed by atoms with E-state index in [1.165, 1.54) is 6.07 Å². The largest absolute Gasteiger partial charge is 0.394 e. The van der Waals surface area contributed by atoms with E-state index in [9.17, 15) is 13.2 Å². The van der Waals surface area contributed by atoms with Gasteiger partial charge < -0.3 is 0 Å². The van der Waals surface area contributed by atoms with E-state index < -0.39 is 18.0 Å². The van der Waals surface area contributed by atoms with Gasteiger partial charge in [0, 0.05) is 6.42 Å². The zero-order valence-electron chi connectivity index (χ0n) is 5.79. The Balaban J connectivity index is 4.28. The number of hydrogen-bond donors (Lipinski definition) is 0. The second-order valence-corrected chi connectivity index (χ2v) is 2.72. The highest BCUT2D eigenvalue weighted by Gasteiger charge is 2.46. The van der Waals surface area contributed by atoms with Crippen molar-refractivity contribution in [1.82, 2.24) is 0 Å². The molecular weight excluding hydrogens is 143 g/mol. The van der Waals surface area contributed by atoms with Gasteiger partial charge in [-0.25, -0.2) is 0 Å². The molecule has 10 heavy (non-hydrogen) atoms. The fourth-order valence-corrected chi connectivity index (χ4v) is 0.298. The molecule has 0 unspecified atom stereocenters. The van der Waals surface area contributed by atoms with Crippen LogP contribution < -0.4 is 0 Å². The van der Waals surface area contributed by atoms with Gasteiger partial charge in [-0.15, -0.1) is 0 Å². The first-order valence-electron chi connectivity index (χ1n) is 2.75. The molecule has 0 aromatic carbocycles. The molecule has 0 rings (SSSR count). The average Bonchev–Trinajstić information content (AvgIpc) is 1.61. The molecule has 0 saturated carbocycles. The molecule has 0 radical (unpaired) electrons. The van der Waals surface area contributed by atoms with Gasteiger partial charge in [-0.05, 0) is 0 Å². The van der Waals surface area contributed by atoms with Gasteiger partial charge in [0.25, 0.3) is 0 Å². The van der Waals surface area contributed by atoms with Gasteiger partial charge in [0.1, 0.15) is 0 Å². The number of hydrogen-bond acceptors (Lipinski definition) is 1. The maximum Gasteiger partial charge on any atom is 0.394 e. The summed E-state index contributed by atoms with van der Waals surface area (Å²) in [7, 11) is 0. The van der Waals surface area contributed by atoms with Crippen molar-refractivity contribution < 1.29 is 13.2 Å². The van der Waals surface area contributed by atoms with Gasteiger partial charge in [-0.2, -0.15) is 18.4 Å². The molecule has 58 valence electrons. The zero-order chi connectivity index (χ0) is 8.41. The first-order valence-corrected chi connectivity index (χ1v) is 2.75. The third kappa shape index (κ3) is 1.90. The molecule has 0 fully saturated rings. The van der Waals surface area contributed by atoms with Crippen LogP contribution in [0, 0.1) is 16.7 Å². The van der Waals surface area contributed by atoms with Gasteiger partial charge in [-0.3, -0.25) is 0 Å². The van der Waals surface area contributed by atoms with E-state index in [1.807, 2.05) is 0 Å². The van der Waals surface area contributed by atoms with E-state index >= 15 is 0 Å². The fourth-order valence-electron chi connectivity index (χ4n) is 0.298. The summed E-state index contributed by atoms with van der Waals surface area (Å²) >= 11 is 0. The standard InChI is InChI=1S/C6H8F3N/c1-5(2,3-4-10)6(7,8)9/h3H2,1-2H3. The molecule has 0 aromatic rings. The Bertz CT molecular complexity index is 151. The van der Waals surface area contributed by atoms with Crippen LogP contribution in [-0.4, -0.2) is 6.18 Å². The van der Waals surface area contributed by atoms with Crippen LogP contribution in [0.1, 0.15) is 20.3 Å². The SMILES string of the molecule is CC(C)(CC#N)C(F)(F)F. The average molecular weight is 151 g/mol. The van der Waals surface area contributed by atoms with Crippen LogP contribution in [0.15, 0.2) is 0 Å². The molecule has 0 atom stereocenters. The highest BCUT2D eigenvalue weighted by Crippen LogP contribution is 2.39. The molecule has 0 aliphatic heterocycles. The summed E-state index contributed by atoms with van der Waals surface area (Å²) in [4.78, 5) is 0. The monoisotopic (exact) mass is 151 g/mol. The van der Waals surface area contributed by atoms with Crippen molar-refractivity contribution in [2.24, 2.45) is 5.41 Å². The van der Waals surface area contributed by atoms with Crippen molar-refractivity contribution in [2.75, 3.05) is 0 Å². The predicted octanol–water partition coefficient (Wildman–Crippen LogP) is 2.49. The molecule has 0 N–H and O–H groups in total. The third-order valence-corrected chi connectivity index (χ3v) is 1.29. The smallest absolute Gasteiger partial charge is 0.198 e. The fraction of sp³-hybridized carbons (Fsp3) is 0.833. The normalized spacial score (nSPS) is 12.8. The molecular formula is C6H8F3N. The van der Waals surface area contributed by atoms with Crippen LogP contribution >= 0.6 is 0 Å². The lowest BCUT2D eigenvalue weighted by molar-refractivity contribution is -0.209. The minimum atomic E-state index is -4.28. The lowest BCUT2D eigenvalue weighted by Gasteiger charge is -2.24. The molecule has 4 heteroatoms. The van der Waals surface area contributed by atoms with Crippen LogP contribution in [0.3, 0.4) is 0 Å². The second-order valence-electron chi connectivity index (χ2n) is 2.72. The number of nitriles is 1. The lowest BCUT2D eigenvalue weighted by Crippen LogP contribution is -2.31. The van der Waals surface area contributed by atoms with Crippen LogP contribution in [0.2, 0.25) is 0 Å². The summed E-state index contributed by atoms with van der Waals surface area (Å²) in [5, 5.41) is 8.02. The van der Waals surface area contributed by atoms with Gasteiger partial charge in [0.2, 0.25) is 0 Å². The van der Waals surface area contributed by atoms with E-state index in [0.717, 1.165) is 13.8 Å². The van der Waals surface area contributed by atoms with Crippen LogP contribution in [-0.2, 0) is 0 Å². The quantitative estimate of drug-likeness (QED) is 0.564. The predicted molar refractivity (Wildman–Crippen MR) is 30.1 cm³/mol. The number of rotatable bonds is 1. The van der Waals surface area contributed by atoms with E-state index in [0.29, 0.717) is 0 Å². The minimum absolute atomic E-state index is 0.490. The van der Waals surface area contributed by atoms with Crippen LogP contribution in [0.5, 0.6) is 0 Å². The topological polar surface area (TPSA) is 23.8 Å². The van der Waals surface area contributed by atoms with Crippen molar-refractivity contribution in [3.63, 3.8) is 0 Å². The van der Waals surface area contributed by atoms with Gasteiger partial charge in [0.15, 0.2) is 0 Å². The highest BCUT2D eigenvalue weighted by molar-refractivity contribution is 4.87. The summed E-state index contributed by atoms with van der Waals surface area (Å²) in [6, 6.07) is 1.49. The molecule has 0 saturated heterocycles. The van der Waals surface area contributed by atoms with Crippen molar-refractivity contribution in [3.8, 4) is 6.07 Å². The minimum Gasteiger partial charge on any atom is -0.198 e. The number of alkyl halides is 3. The van der Waals surface area contributed by atoms with E-state index in [1.54, 1.807) is 0 Å². The Kier molecular flexibility index (Phi) is 2.31. The van der Waals surface area contributed by atoms with E-state index in [-0.39, 0.29) is 0 Å². The van der Waals surface area contributed by atoms with Crippen molar-refractivity contribution >= 4 is 0 Å². The number of halogens is 3. The Morgan fingerprint density at radius 1 is 1.30 bits per heavy atom. The summed E-state index contributed by atoms with van der Waals surface area (Å²) in [5.74, 6) is 0. The molecule has 0 heterocycles. The van der Waals surface area contributed by atoms with Gasteiger partial charge in [-0.1, -0.05) is 13.8 Å². The summed E-state index contributed by atoms with van der Waals surface area (Å²) in [5.41, 5.74) is -1.87. The summed E-state index contributed by atoms with van der Waals surface area (Å²) in [6.45, 7) is 2.02. The summed E-state index contributed by atoms with van der Waals surface area (Å²) in [6.07, 6.45) is -4.76. The molecule has 0 aromatic heterocycles. The Morgan fingerprint density at radius 2 is 1.70 bits per heavy atom. The van der Waals surface area contributed by atoms with Crippen molar-refractivity contribution in [2.45, 2.75) is 26.4 Å². The van der Waals surface area contributed by atoms with Gasteiger partial charge >= 0.3 is 6.18 Å². The summed E-state index contributed by atoms with van der Waals surface area (Å²) < 4.78 is 35.6. The van der Waals surface area contributed by atoms with Gasteiger partial charge in [0.05, 0.1) is 11.5 Å². The maximum atomic E-state index is 11.9. The Morgan fingerprint density at radius 3 is 1.80 bits per heavy atom. The molecule has 0 spiro atoms. The second kappa shape index (κ2) is 2.49. The van der Waals surface area contributed by atoms with E-state index in [4.69, 9.17) is 5.26 Å². The molecule has 0 bridgehead atoms. The van der Waals surface area contributed by atoms with Crippen molar-refractivity contribution in [3.05, 3.63) is 0 Å². The highest BCUT2D eigenvalue weighted by atomic mass is 19.4.